The van der Waals surface area contributed by atoms with Crippen molar-refractivity contribution in [2.45, 2.75) is 52.5 Å². The van der Waals surface area contributed by atoms with Gasteiger partial charge in [0.25, 0.3) is 11.7 Å². The highest BCUT2D eigenvalue weighted by Gasteiger charge is 2.46. The van der Waals surface area contributed by atoms with E-state index >= 15 is 0 Å². The predicted molar refractivity (Wildman–Crippen MR) is 150 cm³/mol. The van der Waals surface area contributed by atoms with Crippen LogP contribution in [0.5, 0.6) is 17.2 Å². The van der Waals surface area contributed by atoms with Crippen molar-refractivity contribution in [2.75, 3.05) is 46.0 Å². The lowest BCUT2D eigenvalue weighted by Crippen LogP contribution is -2.33. The number of amides is 1. The van der Waals surface area contributed by atoms with Crippen molar-refractivity contribution in [2.24, 2.45) is 0 Å². The highest BCUT2D eigenvalue weighted by Crippen LogP contribution is 2.41. The van der Waals surface area contributed by atoms with Crippen molar-refractivity contribution in [3.05, 3.63) is 59.2 Å². The molecule has 2 aromatic rings. The summed E-state index contributed by atoms with van der Waals surface area (Å²) in [6, 6.07) is 11.8. The number of benzene rings is 2. The molecule has 2 aliphatic rings. The van der Waals surface area contributed by atoms with Crippen LogP contribution in [-0.2, 0) is 9.59 Å². The third-order valence-corrected chi connectivity index (χ3v) is 7.31. The van der Waals surface area contributed by atoms with Crippen molar-refractivity contribution in [1.82, 2.24) is 9.80 Å². The van der Waals surface area contributed by atoms with Gasteiger partial charge >= 0.3 is 0 Å². The Labute approximate surface area is 231 Å². The summed E-state index contributed by atoms with van der Waals surface area (Å²) in [6.45, 7) is 10.8. The predicted octanol–water partition coefficient (Wildman–Crippen LogP) is 5.18. The molecule has 1 saturated heterocycles. The van der Waals surface area contributed by atoms with Gasteiger partial charge < -0.3 is 29.1 Å². The monoisotopic (exact) mass is 536 g/mol. The standard InChI is InChI=1S/C31H40N2O6/c1-4-7-8-17-37-24-12-9-11-22(20-24)28-27(29(34)23-13-14-25-26(21-23)39-19-18-38-25)30(35)31(36)33(28)16-10-15-32(5-2)6-3/h9,11-14,20-21,28,34H,4-8,10,15-19H2,1-3H3/b29-27+/t28-/m0/s1. The number of aliphatic hydroxyl groups is 1. The summed E-state index contributed by atoms with van der Waals surface area (Å²) in [4.78, 5) is 30.7. The molecular formula is C31H40N2O6. The number of carbonyl (C=O) groups excluding carboxylic acids is 2. The Morgan fingerprint density at radius 1 is 1.00 bits per heavy atom. The van der Waals surface area contributed by atoms with Crippen molar-refractivity contribution in [3.63, 3.8) is 0 Å². The smallest absolute Gasteiger partial charge is 0.295 e. The molecule has 2 aromatic carbocycles. The minimum absolute atomic E-state index is 0.0719. The van der Waals surface area contributed by atoms with Gasteiger partial charge in [0.1, 0.15) is 24.7 Å². The second-order valence-corrected chi connectivity index (χ2v) is 9.86. The summed E-state index contributed by atoms with van der Waals surface area (Å²) in [5.41, 5.74) is 1.20. The molecule has 8 heteroatoms. The highest BCUT2D eigenvalue weighted by atomic mass is 16.6. The largest absolute Gasteiger partial charge is 0.507 e. The first kappa shape index (κ1) is 28.5. The fourth-order valence-electron chi connectivity index (χ4n) is 5.12. The molecule has 39 heavy (non-hydrogen) atoms. The summed E-state index contributed by atoms with van der Waals surface area (Å²) < 4.78 is 17.3. The number of fused-ring (bicyclic) bond motifs is 1. The van der Waals surface area contributed by atoms with Gasteiger partial charge in [-0.25, -0.2) is 0 Å². The van der Waals surface area contributed by atoms with Crippen LogP contribution in [0.4, 0.5) is 0 Å². The van der Waals surface area contributed by atoms with E-state index < -0.39 is 17.7 Å². The zero-order valence-corrected chi connectivity index (χ0v) is 23.3. The van der Waals surface area contributed by atoms with Crippen LogP contribution in [0.3, 0.4) is 0 Å². The van der Waals surface area contributed by atoms with E-state index in [1.165, 1.54) is 0 Å². The average Bonchev–Trinajstić information content (AvgIpc) is 3.22. The fraction of sp³-hybridized carbons (Fsp3) is 0.484. The molecule has 0 aromatic heterocycles. The highest BCUT2D eigenvalue weighted by molar-refractivity contribution is 6.46. The molecule has 0 saturated carbocycles. The number of hydrogen-bond donors (Lipinski definition) is 1. The Hall–Kier alpha value is -3.52. The number of hydrogen-bond acceptors (Lipinski definition) is 7. The summed E-state index contributed by atoms with van der Waals surface area (Å²) in [5.74, 6) is 0.238. The third kappa shape index (κ3) is 6.56. The van der Waals surface area contributed by atoms with E-state index in [2.05, 4.69) is 25.7 Å². The van der Waals surface area contributed by atoms with Crippen LogP contribution in [-0.4, -0.2) is 72.6 Å². The SMILES string of the molecule is CCCCCOc1cccc([C@H]2/C(=C(\O)c3ccc4c(c3)OCCO4)C(=O)C(=O)N2CCCN(CC)CC)c1. The zero-order valence-electron chi connectivity index (χ0n) is 23.3. The first-order valence-electron chi connectivity index (χ1n) is 14.1. The minimum atomic E-state index is -0.728. The number of carbonyl (C=O) groups is 2. The first-order valence-corrected chi connectivity index (χ1v) is 14.1. The van der Waals surface area contributed by atoms with Crippen LogP contribution in [0.2, 0.25) is 0 Å². The maximum absolute atomic E-state index is 13.4. The topological polar surface area (TPSA) is 88.5 Å². The van der Waals surface area contributed by atoms with E-state index in [1.807, 2.05) is 24.3 Å². The Bertz CT molecular complexity index is 1190. The maximum Gasteiger partial charge on any atom is 0.295 e. The van der Waals surface area contributed by atoms with Gasteiger partial charge in [0, 0.05) is 12.1 Å². The van der Waals surface area contributed by atoms with Crippen LogP contribution in [0.1, 0.15) is 63.6 Å². The Morgan fingerprint density at radius 2 is 1.77 bits per heavy atom. The molecule has 1 atom stereocenters. The number of likely N-dealkylation sites (tertiary alicyclic amines) is 1. The molecule has 210 valence electrons. The number of ketones is 1. The number of rotatable bonds is 13. The van der Waals surface area contributed by atoms with Crippen molar-refractivity contribution in [3.8, 4) is 17.2 Å². The van der Waals surface area contributed by atoms with E-state index in [-0.39, 0.29) is 11.3 Å². The van der Waals surface area contributed by atoms with Gasteiger partial charge in [0.2, 0.25) is 0 Å². The van der Waals surface area contributed by atoms with Crippen molar-refractivity contribution >= 4 is 17.4 Å². The Morgan fingerprint density at radius 3 is 2.51 bits per heavy atom. The molecule has 8 nitrogen and oxygen atoms in total. The Balaban J connectivity index is 1.70. The van der Waals surface area contributed by atoms with Gasteiger partial charge in [0.05, 0.1) is 18.2 Å². The third-order valence-electron chi connectivity index (χ3n) is 7.31. The normalized spacial score (nSPS) is 18.2. The molecule has 1 amide bonds. The molecule has 1 fully saturated rings. The lowest BCUT2D eigenvalue weighted by atomic mass is 9.95. The average molecular weight is 537 g/mol. The second-order valence-electron chi connectivity index (χ2n) is 9.86. The molecule has 2 heterocycles. The summed E-state index contributed by atoms with van der Waals surface area (Å²) in [7, 11) is 0. The summed E-state index contributed by atoms with van der Waals surface area (Å²) in [6.07, 6.45) is 3.85. The Kier molecular flexibility index (Phi) is 9.87. The van der Waals surface area contributed by atoms with Crippen LogP contribution in [0.15, 0.2) is 48.0 Å². The van der Waals surface area contributed by atoms with Gasteiger partial charge in [0.15, 0.2) is 11.5 Å². The molecule has 0 radical (unpaired) electrons. The minimum Gasteiger partial charge on any atom is -0.507 e. The van der Waals surface area contributed by atoms with Crippen LogP contribution in [0, 0.1) is 0 Å². The van der Waals surface area contributed by atoms with Crippen LogP contribution in [0.25, 0.3) is 5.76 Å². The van der Waals surface area contributed by atoms with Gasteiger partial charge in [-0.05, 0) is 68.4 Å². The number of Topliss-reactive ketones (excluding diaryl/α,β-unsaturated/α-hetero) is 1. The van der Waals surface area contributed by atoms with E-state index in [9.17, 15) is 14.7 Å². The van der Waals surface area contributed by atoms with Crippen LogP contribution >= 0.6 is 0 Å². The summed E-state index contributed by atoms with van der Waals surface area (Å²) in [5, 5.41) is 11.5. The molecule has 4 rings (SSSR count). The molecule has 0 unspecified atom stereocenters. The number of nitrogens with zero attached hydrogens (tertiary/aromatic N) is 2. The molecular weight excluding hydrogens is 496 g/mol. The van der Waals surface area contributed by atoms with Gasteiger partial charge in [-0.3, -0.25) is 9.59 Å². The number of ether oxygens (including phenoxy) is 3. The van der Waals surface area contributed by atoms with E-state index in [4.69, 9.17) is 14.2 Å². The second kappa shape index (κ2) is 13.5. The van der Waals surface area contributed by atoms with Crippen LogP contribution < -0.4 is 14.2 Å². The zero-order chi connectivity index (χ0) is 27.8. The molecule has 0 aliphatic carbocycles. The van der Waals surface area contributed by atoms with Crippen molar-refractivity contribution < 1.29 is 28.9 Å². The molecule has 0 bridgehead atoms. The molecule has 2 aliphatic heterocycles. The van der Waals surface area contributed by atoms with Gasteiger partial charge in [-0.2, -0.15) is 0 Å². The summed E-state index contributed by atoms with van der Waals surface area (Å²) >= 11 is 0. The fourth-order valence-corrected chi connectivity index (χ4v) is 5.12. The lowest BCUT2D eigenvalue weighted by molar-refractivity contribution is -0.140. The maximum atomic E-state index is 13.4. The number of unbranched alkanes of at least 4 members (excludes halogenated alkanes) is 2. The molecule has 1 N–H and O–H groups in total. The lowest BCUT2D eigenvalue weighted by Gasteiger charge is -2.27. The quantitative estimate of drug-likeness (QED) is 0.163. The van der Waals surface area contributed by atoms with Gasteiger partial charge in [-0.1, -0.05) is 45.7 Å². The van der Waals surface area contributed by atoms with Gasteiger partial charge in [-0.15, -0.1) is 0 Å². The van der Waals surface area contributed by atoms with Crippen molar-refractivity contribution in [1.29, 1.82) is 0 Å². The number of aliphatic hydroxyl groups excluding tert-OH is 1. The van der Waals surface area contributed by atoms with E-state index in [0.717, 1.165) is 44.5 Å². The van der Waals surface area contributed by atoms with E-state index in [0.29, 0.717) is 55.6 Å². The molecule has 0 spiro atoms. The first-order chi connectivity index (χ1) is 19.0. The van der Waals surface area contributed by atoms with E-state index in [1.54, 1.807) is 23.1 Å².